The van der Waals surface area contributed by atoms with E-state index in [1.54, 1.807) is 6.07 Å². The van der Waals surface area contributed by atoms with Crippen LogP contribution in [0.4, 0.5) is 0 Å². The predicted molar refractivity (Wildman–Crippen MR) is 81.6 cm³/mol. The predicted octanol–water partition coefficient (Wildman–Crippen LogP) is 2.66. The number of hydrogen-bond acceptors (Lipinski definition) is 4. The molecule has 1 atom stereocenters. The Morgan fingerprint density at radius 1 is 1.45 bits per heavy atom. The molecule has 2 aliphatic rings. The van der Waals surface area contributed by atoms with Crippen LogP contribution in [0.1, 0.15) is 48.4 Å². The summed E-state index contributed by atoms with van der Waals surface area (Å²) in [6.07, 6.45) is 4.13. The highest BCUT2D eigenvalue weighted by Gasteiger charge is 2.49. The number of furan rings is 1. The highest BCUT2D eigenvalue weighted by Crippen LogP contribution is 2.45. The minimum atomic E-state index is -0.288. The van der Waals surface area contributed by atoms with Gasteiger partial charge in [0.15, 0.2) is 11.3 Å². The van der Waals surface area contributed by atoms with Gasteiger partial charge in [-0.15, -0.1) is 0 Å². The lowest BCUT2D eigenvalue weighted by Crippen LogP contribution is -2.61. The Hall–Kier alpha value is -1.88. The average molecular weight is 300 g/mol. The number of aromatic nitrogens is 1. The molecule has 116 valence electrons. The van der Waals surface area contributed by atoms with E-state index >= 15 is 0 Å². The number of carbonyl (C=O) groups is 1. The molecule has 2 fully saturated rings. The Bertz CT molecular complexity index is 733. The summed E-state index contributed by atoms with van der Waals surface area (Å²) in [4.78, 5) is 19.2. The number of hydrogen-bond donors (Lipinski definition) is 1. The second kappa shape index (κ2) is 4.81. The number of nitrogens with zero attached hydrogens (tertiary/aromatic N) is 2. The second-order valence-electron chi connectivity index (χ2n) is 6.63. The second-order valence-corrected chi connectivity index (χ2v) is 6.63. The third-order valence-electron chi connectivity index (χ3n) is 5.13. The van der Waals surface area contributed by atoms with Crippen molar-refractivity contribution in [2.24, 2.45) is 0 Å². The van der Waals surface area contributed by atoms with Gasteiger partial charge in [0.1, 0.15) is 5.52 Å². The monoisotopic (exact) mass is 300 g/mol. The zero-order valence-electron chi connectivity index (χ0n) is 12.7. The summed E-state index contributed by atoms with van der Waals surface area (Å²) in [5, 5.41) is 9.95. The van der Waals surface area contributed by atoms with Crippen LogP contribution in [0.3, 0.4) is 0 Å². The van der Waals surface area contributed by atoms with Crippen LogP contribution in [0.25, 0.3) is 11.1 Å². The zero-order chi connectivity index (χ0) is 15.3. The molecule has 22 heavy (non-hydrogen) atoms. The molecule has 1 amide bonds. The van der Waals surface area contributed by atoms with Crippen molar-refractivity contribution in [1.82, 2.24) is 9.88 Å². The minimum absolute atomic E-state index is 0.0674. The van der Waals surface area contributed by atoms with Crippen molar-refractivity contribution in [2.75, 3.05) is 6.54 Å². The van der Waals surface area contributed by atoms with E-state index in [2.05, 4.69) is 4.98 Å². The number of aryl methyl sites for hydroxylation is 1. The first-order valence-corrected chi connectivity index (χ1v) is 7.95. The van der Waals surface area contributed by atoms with Crippen LogP contribution >= 0.6 is 0 Å². The van der Waals surface area contributed by atoms with Crippen LogP contribution in [0.2, 0.25) is 0 Å². The van der Waals surface area contributed by atoms with Crippen molar-refractivity contribution < 1.29 is 14.3 Å². The highest BCUT2D eigenvalue weighted by molar-refractivity contribution is 5.95. The summed E-state index contributed by atoms with van der Waals surface area (Å²) in [6, 6.07) is 5.47. The van der Waals surface area contributed by atoms with E-state index in [9.17, 15) is 9.90 Å². The number of aliphatic hydroxyl groups excluding tert-OH is 1. The first-order valence-electron chi connectivity index (χ1n) is 7.95. The molecule has 1 aliphatic carbocycles. The quantitative estimate of drug-likeness (QED) is 0.879. The molecule has 5 heteroatoms. The van der Waals surface area contributed by atoms with E-state index < -0.39 is 0 Å². The summed E-state index contributed by atoms with van der Waals surface area (Å²) in [7, 11) is 0. The number of pyridine rings is 1. The third-order valence-corrected chi connectivity index (χ3v) is 5.13. The van der Waals surface area contributed by atoms with E-state index in [-0.39, 0.29) is 17.6 Å². The van der Waals surface area contributed by atoms with Crippen LogP contribution in [0, 0.1) is 6.92 Å². The van der Waals surface area contributed by atoms with Gasteiger partial charge in [0.25, 0.3) is 5.91 Å². The molecule has 3 heterocycles. The van der Waals surface area contributed by atoms with E-state index in [1.165, 1.54) is 0 Å². The molecule has 4 rings (SSSR count). The lowest BCUT2D eigenvalue weighted by Gasteiger charge is -2.54. The highest BCUT2D eigenvalue weighted by atomic mass is 16.3. The Morgan fingerprint density at radius 3 is 3.00 bits per heavy atom. The van der Waals surface area contributed by atoms with E-state index in [0.29, 0.717) is 30.7 Å². The third kappa shape index (κ3) is 2.03. The first kappa shape index (κ1) is 13.8. The van der Waals surface area contributed by atoms with Gasteiger partial charge in [-0.2, -0.15) is 0 Å². The van der Waals surface area contributed by atoms with Gasteiger partial charge in [-0.05, 0) is 51.2 Å². The smallest absolute Gasteiger partial charge is 0.290 e. The molecule has 1 spiro atoms. The normalized spacial score (nSPS) is 23.7. The molecule has 1 aliphatic heterocycles. The largest absolute Gasteiger partial charge is 0.449 e. The topological polar surface area (TPSA) is 66.6 Å². The molecular formula is C17H20N2O3. The van der Waals surface area contributed by atoms with Crippen LogP contribution in [-0.2, 0) is 0 Å². The summed E-state index contributed by atoms with van der Waals surface area (Å²) in [5.41, 5.74) is 2.12. The standard InChI is InChI=1S/C17H20N2O3/c1-11-3-4-14-13(18-11)9-15(22-14)16(21)19-8-5-12(20)10-17(19)6-2-7-17/h3-4,9,12,20H,2,5-8,10H2,1H3. The van der Waals surface area contributed by atoms with E-state index in [4.69, 9.17) is 4.42 Å². The van der Waals surface area contributed by atoms with Gasteiger partial charge < -0.3 is 14.4 Å². The molecule has 2 aromatic rings. The van der Waals surface area contributed by atoms with Crippen molar-refractivity contribution in [1.29, 1.82) is 0 Å². The van der Waals surface area contributed by atoms with Crippen molar-refractivity contribution >= 4 is 17.0 Å². The number of carbonyl (C=O) groups excluding carboxylic acids is 1. The molecule has 1 saturated carbocycles. The Labute approximate surface area is 128 Å². The fourth-order valence-corrected chi connectivity index (χ4v) is 3.81. The molecule has 1 unspecified atom stereocenters. The van der Waals surface area contributed by atoms with Gasteiger partial charge in [0, 0.05) is 23.8 Å². The number of piperidine rings is 1. The van der Waals surface area contributed by atoms with Crippen LogP contribution in [-0.4, -0.2) is 39.1 Å². The van der Waals surface area contributed by atoms with Crippen LogP contribution in [0.15, 0.2) is 22.6 Å². The maximum atomic E-state index is 12.9. The maximum absolute atomic E-state index is 12.9. The first-order chi connectivity index (χ1) is 10.6. The zero-order valence-corrected chi connectivity index (χ0v) is 12.7. The molecule has 5 nitrogen and oxygen atoms in total. The lowest BCUT2D eigenvalue weighted by atomic mass is 9.69. The maximum Gasteiger partial charge on any atom is 0.290 e. The lowest BCUT2D eigenvalue weighted by molar-refractivity contribution is -0.0495. The molecular weight excluding hydrogens is 280 g/mol. The average Bonchev–Trinajstić information content (AvgIpc) is 2.87. The molecule has 0 radical (unpaired) electrons. The molecule has 0 bridgehead atoms. The fraction of sp³-hybridized carbons (Fsp3) is 0.529. The van der Waals surface area contributed by atoms with Gasteiger partial charge in [-0.3, -0.25) is 4.79 Å². The van der Waals surface area contributed by atoms with Gasteiger partial charge in [-0.1, -0.05) is 0 Å². The molecule has 0 aromatic carbocycles. The van der Waals surface area contributed by atoms with Crippen molar-refractivity contribution in [3.05, 3.63) is 29.7 Å². The number of fused-ring (bicyclic) bond motifs is 1. The van der Waals surface area contributed by atoms with Crippen molar-refractivity contribution in [3.63, 3.8) is 0 Å². The van der Waals surface area contributed by atoms with Gasteiger partial charge >= 0.3 is 0 Å². The van der Waals surface area contributed by atoms with Crippen LogP contribution < -0.4 is 0 Å². The Morgan fingerprint density at radius 2 is 2.27 bits per heavy atom. The van der Waals surface area contributed by atoms with E-state index in [0.717, 1.165) is 30.5 Å². The number of rotatable bonds is 1. The van der Waals surface area contributed by atoms with E-state index in [1.807, 2.05) is 24.0 Å². The summed E-state index contributed by atoms with van der Waals surface area (Å²) >= 11 is 0. The van der Waals surface area contributed by atoms with Gasteiger partial charge in [0.05, 0.1) is 6.10 Å². The Balaban J connectivity index is 1.67. The summed E-state index contributed by atoms with van der Waals surface area (Å²) < 4.78 is 5.71. The Kier molecular flexibility index (Phi) is 3.01. The molecule has 1 N–H and O–H groups in total. The molecule has 1 saturated heterocycles. The van der Waals surface area contributed by atoms with Crippen molar-refractivity contribution in [3.8, 4) is 0 Å². The van der Waals surface area contributed by atoms with Gasteiger partial charge in [0.2, 0.25) is 0 Å². The molecule has 2 aromatic heterocycles. The number of aliphatic hydroxyl groups is 1. The number of likely N-dealkylation sites (tertiary alicyclic amines) is 1. The van der Waals surface area contributed by atoms with Crippen molar-refractivity contribution in [2.45, 2.75) is 50.7 Å². The fourth-order valence-electron chi connectivity index (χ4n) is 3.81. The minimum Gasteiger partial charge on any atom is -0.449 e. The summed E-state index contributed by atoms with van der Waals surface area (Å²) in [5.74, 6) is 0.290. The SMILES string of the molecule is Cc1ccc2oc(C(=O)N3CCC(O)CC34CCC4)cc2n1. The number of amides is 1. The van der Waals surface area contributed by atoms with Crippen LogP contribution in [0.5, 0.6) is 0 Å². The van der Waals surface area contributed by atoms with Gasteiger partial charge in [-0.25, -0.2) is 4.98 Å². The summed E-state index contributed by atoms with van der Waals surface area (Å²) in [6.45, 7) is 2.52.